The van der Waals surface area contributed by atoms with E-state index in [1.54, 1.807) is 6.08 Å². The predicted octanol–water partition coefficient (Wildman–Crippen LogP) is 3.13. The van der Waals surface area contributed by atoms with Crippen molar-refractivity contribution in [2.75, 3.05) is 0 Å². The molecule has 2 aromatic heterocycles. The second kappa shape index (κ2) is 6.82. The van der Waals surface area contributed by atoms with Crippen LogP contribution in [0.2, 0.25) is 0 Å². The number of nitrogens with one attached hydrogen (secondary N) is 1. The normalized spacial score (nSPS) is 10.9. The molecule has 0 spiro atoms. The summed E-state index contributed by atoms with van der Waals surface area (Å²) in [5.41, 5.74) is 0.968. The lowest BCUT2D eigenvalue weighted by Crippen LogP contribution is -2.20. The summed E-state index contributed by atoms with van der Waals surface area (Å²) in [5, 5.41) is 8.54. The summed E-state index contributed by atoms with van der Waals surface area (Å²) in [6.07, 6.45) is 3.23. The molecule has 110 valence electrons. The smallest absolute Gasteiger partial charge is 0.246 e. The van der Waals surface area contributed by atoms with Crippen molar-refractivity contribution in [1.82, 2.24) is 15.5 Å². The van der Waals surface area contributed by atoms with Crippen LogP contribution in [0.5, 0.6) is 0 Å². The van der Waals surface area contributed by atoms with Crippen LogP contribution in [-0.2, 0) is 11.3 Å². The van der Waals surface area contributed by atoms with Gasteiger partial charge in [-0.25, -0.2) is 0 Å². The van der Waals surface area contributed by atoms with Gasteiger partial charge in [0.15, 0.2) is 0 Å². The van der Waals surface area contributed by atoms with E-state index in [0.29, 0.717) is 11.7 Å². The van der Waals surface area contributed by atoms with Gasteiger partial charge in [0, 0.05) is 6.08 Å². The molecule has 1 N–H and O–H groups in total. The van der Waals surface area contributed by atoms with Gasteiger partial charge >= 0.3 is 0 Å². The highest BCUT2D eigenvalue weighted by molar-refractivity contribution is 7.13. The summed E-state index contributed by atoms with van der Waals surface area (Å²) in [7, 11) is 0. The van der Waals surface area contributed by atoms with E-state index in [-0.39, 0.29) is 12.5 Å². The van der Waals surface area contributed by atoms with Gasteiger partial charge in [-0.15, -0.1) is 11.3 Å². The maximum Gasteiger partial charge on any atom is 0.246 e. The second-order valence-corrected chi connectivity index (χ2v) is 5.40. The molecule has 6 heteroatoms. The number of amides is 1. The minimum atomic E-state index is -0.209. The number of benzene rings is 1. The Hall–Kier alpha value is -2.73. The van der Waals surface area contributed by atoms with E-state index in [9.17, 15) is 4.79 Å². The number of aromatic nitrogens is 2. The van der Waals surface area contributed by atoms with E-state index in [1.165, 1.54) is 17.4 Å². The third-order valence-electron chi connectivity index (χ3n) is 2.85. The highest BCUT2D eigenvalue weighted by Crippen LogP contribution is 2.21. The number of carbonyl (C=O) groups excluding carboxylic acids is 1. The summed E-state index contributed by atoms with van der Waals surface area (Å²) in [6, 6.07) is 13.5. The van der Waals surface area contributed by atoms with Crippen molar-refractivity contribution in [2.45, 2.75) is 6.54 Å². The van der Waals surface area contributed by atoms with Gasteiger partial charge in [0.2, 0.25) is 17.6 Å². The molecule has 1 aromatic carbocycles. The molecule has 0 aliphatic carbocycles. The Morgan fingerprint density at radius 2 is 2.09 bits per heavy atom. The zero-order chi connectivity index (χ0) is 15.2. The topological polar surface area (TPSA) is 68.0 Å². The molecule has 0 aliphatic rings. The van der Waals surface area contributed by atoms with Gasteiger partial charge in [-0.2, -0.15) is 4.98 Å². The number of nitrogens with zero attached hydrogens (tertiary/aromatic N) is 2. The summed E-state index contributed by atoms with van der Waals surface area (Å²) >= 11 is 1.54. The van der Waals surface area contributed by atoms with Crippen LogP contribution in [0, 0.1) is 0 Å². The number of rotatable bonds is 5. The first-order chi connectivity index (χ1) is 10.8. The standard InChI is InChI=1S/C16H13N3O2S/c20-14(9-8-12-5-2-1-3-6-12)17-11-15-18-16(19-21-15)13-7-4-10-22-13/h1-10H,11H2,(H,17,20). The van der Waals surface area contributed by atoms with Gasteiger partial charge in [0.1, 0.15) is 0 Å². The molecule has 3 aromatic rings. The van der Waals surface area contributed by atoms with Gasteiger partial charge in [0.25, 0.3) is 0 Å². The quantitative estimate of drug-likeness (QED) is 0.735. The SMILES string of the molecule is O=C(C=Cc1ccccc1)NCc1nc(-c2cccs2)no1. The molecule has 0 saturated carbocycles. The van der Waals surface area contributed by atoms with Gasteiger partial charge in [0.05, 0.1) is 11.4 Å². The van der Waals surface area contributed by atoms with Crippen LogP contribution in [0.25, 0.3) is 16.8 Å². The molecular weight excluding hydrogens is 298 g/mol. The van der Waals surface area contributed by atoms with E-state index >= 15 is 0 Å². The zero-order valence-electron chi connectivity index (χ0n) is 11.6. The van der Waals surface area contributed by atoms with Crippen LogP contribution >= 0.6 is 11.3 Å². The summed E-state index contributed by atoms with van der Waals surface area (Å²) in [5.74, 6) is 0.712. The maximum atomic E-state index is 11.7. The monoisotopic (exact) mass is 311 g/mol. The minimum absolute atomic E-state index is 0.205. The molecule has 0 unspecified atom stereocenters. The van der Waals surface area contributed by atoms with Crippen LogP contribution in [0.4, 0.5) is 0 Å². The van der Waals surface area contributed by atoms with Crippen LogP contribution < -0.4 is 5.32 Å². The third-order valence-corrected chi connectivity index (χ3v) is 3.72. The van der Waals surface area contributed by atoms with Gasteiger partial charge in [-0.3, -0.25) is 4.79 Å². The molecule has 22 heavy (non-hydrogen) atoms. The first kappa shape index (κ1) is 14.2. The average molecular weight is 311 g/mol. The molecule has 0 bridgehead atoms. The number of thiophene rings is 1. The summed E-state index contributed by atoms with van der Waals surface area (Å²) < 4.78 is 5.11. The lowest BCUT2D eigenvalue weighted by atomic mass is 10.2. The second-order valence-electron chi connectivity index (χ2n) is 4.45. The molecular formula is C16H13N3O2S. The van der Waals surface area contributed by atoms with E-state index in [1.807, 2.05) is 47.8 Å². The maximum absolute atomic E-state index is 11.7. The van der Waals surface area contributed by atoms with E-state index in [0.717, 1.165) is 10.4 Å². The Bertz CT molecular complexity index is 764. The Morgan fingerprint density at radius 3 is 2.86 bits per heavy atom. The molecule has 2 heterocycles. The Kier molecular flexibility index (Phi) is 4.41. The third kappa shape index (κ3) is 3.67. The van der Waals surface area contributed by atoms with Crippen molar-refractivity contribution in [3.05, 3.63) is 65.4 Å². The Labute approximate surface area is 131 Å². The van der Waals surface area contributed by atoms with Crippen molar-refractivity contribution >= 4 is 23.3 Å². The highest BCUT2D eigenvalue weighted by Gasteiger charge is 2.09. The largest absolute Gasteiger partial charge is 0.343 e. The predicted molar refractivity (Wildman–Crippen MR) is 84.9 cm³/mol. The van der Waals surface area contributed by atoms with Crippen LogP contribution in [0.15, 0.2) is 58.4 Å². The molecule has 0 aliphatic heterocycles. The molecule has 1 amide bonds. The number of carbonyl (C=O) groups is 1. The molecule has 0 fully saturated rings. The van der Waals surface area contributed by atoms with E-state index in [4.69, 9.17) is 4.52 Å². The molecule has 5 nitrogen and oxygen atoms in total. The summed E-state index contributed by atoms with van der Waals surface area (Å²) in [4.78, 5) is 16.9. The van der Waals surface area contributed by atoms with E-state index in [2.05, 4.69) is 15.5 Å². The fourth-order valence-corrected chi connectivity index (χ4v) is 2.44. The highest BCUT2D eigenvalue weighted by atomic mass is 32.1. The van der Waals surface area contributed by atoms with Gasteiger partial charge in [-0.05, 0) is 23.1 Å². The van der Waals surface area contributed by atoms with Crippen LogP contribution in [0.3, 0.4) is 0 Å². The average Bonchev–Trinajstić information content (AvgIpc) is 3.22. The molecule has 3 rings (SSSR count). The molecule has 0 atom stereocenters. The fourth-order valence-electron chi connectivity index (χ4n) is 1.79. The van der Waals surface area contributed by atoms with Crippen LogP contribution in [-0.4, -0.2) is 16.0 Å². The van der Waals surface area contributed by atoms with Crippen molar-refractivity contribution in [3.8, 4) is 10.7 Å². The Balaban J connectivity index is 1.54. The fraction of sp³-hybridized carbons (Fsp3) is 0.0625. The summed E-state index contributed by atoms with van der Waals surface area (Å²) in [6.45, 7) is 0.205. The van der Waals surface area contributed by atoms with Crippen LogP contribution in [0.1, 0.15) is 11.5 Å². The van der Waals surface area contributed by atoms with Crippen molar-refractivity contribution in [1.29, 1.82) is 0 Å². The van der Waals surface area contributed by atoms with E-state index < -0.39 is 0 Å². The first-order valence-electron chi connectivity index (χ1n) is 6.69. The van der Waals surface area contributed by atoms with Crippen molar-refractivity contribution < 1.29 is 9.32 Å². The van der Waals surface area contributed by atoms with Crippen molar-refractivity contribution in [3.63, 3.8) is 0 Å². The number of hydrogen-bond donors (Lipinski definition) is 1. The lowest BCUT2D eigenvalue weighted by molar-refractivity contribution is -0.116. The molecule has 0 radical (unpaired) electrons. The first-order valence-corrected chi connectivity index (χ1v) is 7.56. The Morgan fingerprint density at radius 1 is 1.23 bits per heavy atom. The lowest BCUT2D eigenvalue weighted by Gasteiger charge is -1.96. The number of hydrogen-bond acceptors (Lipinski definition) is 5. The zero-order valence-corrected chi connectivity index (χ0v) is 12.4. The van der Waals surface area contributed by atoms with Gasteiger partial charge < -0.3 is 9.84 Å². The van der Waals surface area contributed by atoms with Gasteiger partial charge in [-0.1, -0.05) is 41.6 Å². The molecule has 0 saturated heterocycles. The van der Waals surface area contributed by atoms with Crippen molar-refractivity contribution in [2.24, 2.45) is 0 Å². The minimum Gasteiger partial charge on any atom is -0.343 e.